The molecule has 0 unspecified atom stereocenters. The van der Waals surface area contributed by atoms with Gasteiger partial charge in [-0.05, 0) is 38.8 Å². The minimum atomic E-state index is -0.388. The van der Waals surface area contributed by atoms with Gasteiger partial charge in [0.2, 0.25) is 0 Å². The van der Waals surface area contributed by atoms with Gasteiger partial charge in [-0.2, -0.15) is 10.2 Å². The third-order valence-electron chi connectivity index (χ3n) is 5.36. The van der Waals surface area contributed by atoms with Crippen LogP contribution < -0.4 is 10.6 Å². The number of hydrogen-bond donors (Lipinski definition) is 2. The molecule has 0 spiro atoms. The molecule has 9 nitrogen and oxygen atoms in total. The smallest absolute Gasteiger partial charge is 0.274 e. The molecule has 2 N–H and O–H groups in total. The first kappa shape index (κ1) is 23.2. The number of aromatic nitrogens is 5. The van der Waals surface area contributed by atoms with Crippen LogP contribution >= 0.6 is 0 Å². The third kappa shape index (κ3) is 5.40. The van der Waals surface area contributed by atoms with E-state index in [1.54, 1.807) is 30.6 Å². The van der Waals surface area contributed by atoms with Crippen molar-refractivity contribution in [2.24, 2.45) is 0 Å². The summed E-state index contributed by atoms with van der Waals surface area (Å²) in [5.41, 5.74) is 3.37. The predicted molar refractivity (Wildman–Crippen MR) is 124 cm³/mol. The van der Waals surface area contributed by atoms with Crippen LogP contribution in [0.5, 0.6) is 0 Å². The topological polar surface area (TPSA) is 107 Å². The Bertz CT molecular complexity index is 1000. The van der Waals surface area contributed by atoms with Gasteiger partial charge in [-0.15, -0.1) is 0 Å². The molecule has 2 amide bonds. The summed E-state index contributed by atoms with van der Waals surface area (Å²) < 4.78 is 3.75. The number of amides is 2. The molecule has 0 aliphatic rings. The van der Waals surface area contributed by atoms with Crippen LogP contribution in [-0.4, -0.2) is 36.4 Å². The summed E-state index contributed by atoms with van der Waals surface area (Å²) in [4.78, 5) is 29.7. The van der Waals surface area contributed by atoms with Gasteiger partial charge >= 0.3 is 0 Å². The van der Waals surface area contributed by atoms with E-state index in [0.29, 0.717) is 11.4 Å². The van der Waals surface area contributed by atoms with Crippen molar-refractivity contribution in [1.82, 2.24) is 24.5 Å². The summed E-state index contributed by atoms with van der Waals surface area (Å²) in [6, 6.07) is 4.81. The molecule has 0 aliphatic carbocycles. The Labute approximate surface area is 188 Å². The molecular formula is C23H31N7O2. The molecule has 0 aromatic carbocycles. The molecule has 32 heavy (non-hydrogen) atoms. The lowest BCUT2D eigenvalue weighted by atomic mass is 10.2. The van der Waals surface area contributed by atoms with Crippen LogP contribution in [0.25, 0.3) is 0 Å². The zero-order chi connectivity index (χ0) is 23.1. The van der Waals surface area contributed by atoms with E-state index in [-0.39, 0.29) is 23.2 Å². The first-order valence-electron chi connectivity index (χ1n) is 11.1. The molecule has 0 fully saturated rings. The minimum absolute atomic E-state index is 0.161. The summed E-state index contributed by atoms with van der Waals surface area (Å²) in [5.74, 6) is -0.775. The van der Waals surface area contributed by atoms with Crippen molar-refractivity contribution in [1.29, 1.82) is 0 Å². The molecule has 3 aromatic heterocycles. The van der Waals surface area contributed by atoms with Gasteiger partial charge in [0.25, 0.3) is 11.8 Å². The molecule has 170 valence electrons. The van der Waals surface area contributed by atoms with Crippen molar-refractivity contribution in [3.05, 3.63) is 53.4 Å². The first-order valence-corrected chi connectivity index (χ1v) is 11.1. The van der Waals surface area contributed by atoms with Gasteiger partial charge in [-0.1, -0.05) is 32.8 Å². The summed E-state index contributed by atoms with van der Waals surface area (Å²) in [6.07, 6.45) is 7.45. The van der Waals surface area contributed by atoms with Gasteiger partial charge in [0.15, 0.2) is 0 Å². The van der Waals surface area contributed by atoms with Crippen molar-refractivity contribution >= 4 is 23.2 Å². The number of nitrogens with zero attached hydrogens (tertiary/aromatic N) is 5. The average molecular weight is 438 g/mol. The van der Waals surface area contributed by atoms with Crippen molar-refractivity contribution in [3.63, 3.8) is 0 Å². The van der Waals surface area contributed by atoms with Gasteiger partial charge in [-0.25, -0.2) is 4.98 Å². The first-order chi connectivity index (χ1) is 15.4. The van der Waals surface area contributed by atoms with E-state index >= 15 is 0 Å². The molecule has 0 radical (unpaired) electrons. The summed E-state index contributed by atoms with van der Waals surface area (Å²) >= 11 is 0. The number of hydrogen-bond acceptors (Lipinski definition) is 5. The van der Waals surface area contributed by atoms with E-state index in [9.17, 15) is 9.59 Å². The van der Waals surface area contributed by atoms with Crippen molar-refractivity contribution in [3.8, 4) is 0 Å². The maximum atomic E-state index is 12.7. The van der Waals surface area contributed by atoms with Crippen LogP contribution in [0.1, 0.15) is 71.9 Å². The highest BCUT2D eigenvalue weighted by atomic mass is 16.2. The van der Waals surface area contributed by atoms with Crippen LogP contribution in [0.3, 0.4) is 0 Å². The summed E-state index contributed by atoms with van der Waals surface area (Å²) in [5, 5.41) is 14.3. The number of nitrogens with one attached hydrogen (secondary N) is 2. The number of pyridine rings is 1. The zero-order valence-electron chi connectivity index (χ0n) is 19.2. The number of rotatable bonds is 10. The maximum absolute atomic E-state index is 12.7. The second-order valence-corrected chi connectivity index (χ2v) is 7.76. The van der Waals surface area contributed by atoms with Crippen LogP contribution in [0.15, 0.2) is 30.6 Å². The van der Waals surface area contributed by atoms with E-state index in [4.69, 9.17) is 0 Å². The van der Waals surface area contributed by atoms with Crippen LogP contribution in [-0.2, 0) is 13.1 Å². The molecule has 0 atom stereocenters. The van der Waals surface area contributed by atoms with Crippen LogP contribution in [0, 0.1) is 13.8 Å². The summed E-state index contributed by atoms with van der Waals surface area (Å²) in [6.45, 7) is 9.69. The third-order valence-corrected chi connectivity index (χ3v) is 5.36. The summed E-state index contributed by atoms with van der Waals surface area (Å²) in [7, 11) is 0. The highest BCUT2D eigenvalue weighted by Gasteiger charge is 2.16. The van der Waals surface area contributed by atoms with Gasteiger partial charge in [-0.3, -0.25) is 19.0 Å². The van der Waals surface area contributed by atoms with E-state index in [1.807, 2.05) is 23.2 Å². The molecule has 0 bridgehead atoms. The van der Waals surface area contributed by atoms with Gasteiger partial charge in [0.1, 0.15) is 11.4 Å². The number of anilines is 2. The molecule has 3 aromatic rings. The van der Waals surface area contributed by atoms with Crippen molar-refractivity contribution < 1.29 is 9.59 Å². The van der Waals surface area contributed by atoms with E-state index in [2.05, 4.69) is 39.7 Å². The fraction of sp³-hybridized carbons (Fsp3) is 0.435. The standard InChI is InChI=1S/C23H31N7O2/c1-5-7-12-29-16(3)20(14-24-29)27-22(31)18-10-9-11-19(26-18)23(32)28-21-15-25-30(17(21)4)13-8-6-2/h9-11,14-15H,5-8,12-13H2,1-4H3,(H,27,31)(H,28,32). The van der Waals surface area contributed by atoms with Crippen molar-refractivity contribution in [2.75, 3.05) is 10.6 Å². The SMILES string of the molecule is CCCCn1ncc(NC(=O)c2cccc(C(=O)Nc3cnn(CCCC)c3C)n2)c1C. The van der Waals surface area contributed by atoms with E-state index < -0.39 is 0 Å². The second kappa shape index (κ2) is 10.7. The second-order valence-electron chi connectivity index (χ2n) is 7.76. The predicted octanol–water partition coefficient (Wildman–Crippen LogP) is 4.20. The van der Waals surface area contributed by atoms with Gasteiger partial charge in [0.05, 0.1) is 35.2 Å². The number of aryl methyl sites for hydroxylation is 2. The Morgan fingerprint density at radius 1 is 0.812 bits per heavy atom. The lowest BCUT2D eigenvalue weighted by molar-refractivity contribution is 0.101. The Balaban J connectivity index is 1.68. The molecule has 0 aliphatic heterocycles. The Morgan fingerprint density at radius 2 is 1.25 bits per heavy atom. The Kier molecular flexibility index (Phi) is 7.75. The lowest BCUT2D eigenvalue weighted by Gasteiger charge is -2.08. The Morgan fingerprint density at radius 3 is 1.66 bits per heavy atom. The van der Waals surface area contributed by atoms with E-state index in [1.165, 1.54) is 0 Å². The monoisotopic (exact) mass is 437 g/mol. The fourth-order valence-electron chi connectivity index (χ4n) is 3.27. The lowest BCUT2D eigenvalue weighted by Crippen LogP contribution is -2.19. The molecule has 3 heterocycles. The van der Waals surface area contributed by atoms with Crippen LogP contribution in [0.2, 0.25) is 0 Å². The molecular weight excluding hydrogens is 406 g/mol. The molecule has 9 heteroatoms. The number of carbonyl (C=O) groups is 2. The molecule has 0 saturated carbocycles. The highest BCUT2D eigenvalue weighted by molar-refractivity contribution is 6.06. The highest BCUT2D eigenvalue weighted by Crippen LogP contribution is 2.17. The minimum Gasteiger partial charge on any atom is -0.318 e. The largest absolute Gasteiger partial charge is 0.318 e. The zero-order valence-corrected chi connectivity index (χ0v) is 19.2. The van der Waals surface area contributed by atoms with Gasteiger partial charge in [0, 0.05) is 13.1 Å². The number of carbonyl (C=O) groups excluding carboxylic acids is 2. The quantitative estimate of drug-likeness (QED) is 0.494. The fourth-order valence-corrected chi connectivity index (χ4v) is 3.27. The van der Waals surface area contributed by atoms with E-state index in [0.717, 1.165) is 50.2 Å². The maximum Gasteiger partial charge on any atom is 0.274 e. The normalized spacial score (nSPS) is 10.9. The molecule has 0 saturated heterocycles. The van der Waals surface area contributed by atoms with Gasteiger partial charge < -0.3 is 10.6 Å². The van der Waals surface area contributed by atoms with Crippen LogP contribution in [0.4, 0.5) is 11.4 Å². The number of unbranched alkanes of at least 4 members (excludes halogenated alkanes) is 2. The van der Waals surface area contributed by atoms with Crippen molar-refractivity contribution in [2.45, 2.75) is 66.5 Å². The Hall–Kier alpha value is -3.49. The average Bonchev–Trinajstić information content (AvgIpc) is 3.32. The molecule has 3 rings (SSSR count).